The van der Waals surface area contributed by atoms with Gasteiger partial charge in [-0.25, -0.2) is 0 Å². The summed E-state index contributed by atoms with van der Waals surface area (Å²) < 4.78 is 5.47. The van der Waals surface area contributed by atoms with E-state index in [0.29, 0.717) is 32.9 Å². The van der Waals surface area contributed by atoms with Crippen LogP contribution in [0.5, 0.6) is 0 Å². The fraction of sp³-hybridized carbons (Fsp3) is 0.167. The molecule has 1 amide bonds. The molecule has 0 saturated carbocycles. The first-order valence-corrected chi connectivity index (χ1v) is 7.93. The number of aliphatic hydroxyl groups excluding tert-OH is 1. The molecule has 0 aliphatic heterocycles. The van der Waals surface area contributed by atoms with Crippen molar-refractivity contribution in [2.45, 2.75) is 20.5 Å². The third-order valence-corrected chi connectivity index (χ3v) is 4.32. The summed E-state index contributed by atoms with van der Waals surface area (Å²) in [6.45, 7) is 3.36. The lowest BCUT2D eigenvalue weighted by atomic mass is 10.1. The maximum absolute atomic E-state index is 12.5. The summed E-state index contributed by atoms with van der Waals surface area (Å²) in [5, 5.41) is 21.3. The lowest BCUT2D eigenvalue weighted by Gasteiger charge is -2.09. The number of hydrogen-bond donors (Lipinski definition) is 3. The van der Waals surface area contributed by atoms with Crippen LogP contribution in [0.25, 0.3) is 11.0 Å². The third-order valence-electron chi connectivity index (χ3n) is 3.92. The van der Waals surface area contributed by atoms with E-state index < -0.39 is 5.91 Å². The van der Waals surface area contributed by atoms with Crippen LogP contribution in [0.15, 0.2) is 34.9 Å². The zero-order valence-electron chi connectivity index (χ0n) is 13.7. The SMILES string of the molecule is Cc1ccc(NC(=O)c2cc3c(CO)cnc(C)c3oc2=N)cc1Cl. The molecule has 2 aromatic heterocycles. The number of nitrogens with one attached hydrogen (secondary N) is 2. The van der Waals surface area contributed by atoms with E-state index in [1.165, 1.54) is 12.3 Å². The topological polar surface area (TPSA) is 99.2 Å². The van der Waals surface area contributed by atoms with Gasteiger partial charge in [-0.05, 0) is 37.6 Å². The van der Waals surface area contributed by atoms with Crippen LogP contribution in [0.3, 0.4) is 0 Å². The highest BCUT2D eigenvalue weighted by Gasteiger charge is 2.15. The first-order valence-electron chi connectivity index (χ1n) is 7.56. The summed E-state index contributed by atoms with van der Waals surface area (Å²) in [7, 11) is 0. The van der Waals surface area contributed by atoms with Crippen LogP contribution in [0.4, 0.5) is 5.69 Å². The highest BCUT2D eigenvalue weighted by Crippen LogP contribution is 2.22. The Bertz CT molecular complexity index is 1040. The smallest absolute Gasteiger partial charge is 0.261 e. The fourth-order valence-electron chi connectivity index (χ4n) is 2.46. The van der Waals surface area contributed by atoms with Gasteiger partial charge in [-0.2, -0.15) is 0 Å². The Balaban J connectivity index is 2.05. The molecule has 3 aromatic rings. The number of rotatable bonds is 3. The second-order valence-corrected chi connectivity index (χ2v) is 6.08. The molecule has 1 aromatic carbocycles. The lowest BCUT2D eigenvalue weighted by molar-refractivity contribution is 0.102. The van der Waals surface area contributed by atoms with Crippen LogP contribution in [0, 0.1) is 19.3 Å². The quantitative estimate of drug-likeness (QED) is 0.669. The van der Waals surface area contributed by atoms with Gasteiger partial charge in [-0.3, -0.25) is 15.2 Å². The maximum atomic E-state index is 12.5. The van der Waals surface area contributed by atoms with Gasteiger partial charge in [0.05, 0.1) is 12.3 Å². The standard InChI is InChI=1S/C18H16ClN3O3/c1-9-3-4-12(5-15(9)19)22-18(24)14-6-13-11(8-23)7-21-10(2)16(13)25-17(14)20/h3-7,20,23H,8H2,1-2H3,(H,22,24). The van der Waals surface area contributed by atoms with Crippen molar-refractivity contribution >= 4 is 34.2 Å². The van der Waals surface area contributed by atoms with Gasteiger partial charge in [0, 0.05) is 27.9 Å². The van der Waals surface area contributed by atoms with E-state index in [-0.39, 0.29) is 17.7 Å². The molecule has 7 heteroatoms. The summed E-state index contributed by atoms with van der Waals surface area (Å²) in [6.07, 6.45) is 1.53. The Morgan fingerprint density at radius 3 is 2.80 bits per heavy atom. The van der Waals surface area contributed by atoms with E-state index in [0.717, 1.165) is 5.56 Å². The van der Waals surface area contributed by atoms with Gasteiger partial charge >= 0.3 is 0 Å². The van der Waals surface area contributed by atoms with E-state index in [4.69, 9.17) is 21.4 Å². The molecular formula is C18H16ClN3O3. The van der Waals surface area contributed by atoms with Crippen LogP contribution < -0.4 is 10.9 Å². The second-order valence-electron chi connectivity index (χ2n) is 5.68. The van der Waals surface area contributed by atoms with Gasteiger partial charge in [0.2, 0.25) is 5.55 Å². The van der Waals surface area contributed by atoms with Gasteiger partial charge in [-0.15, -0.1) is 0 Å². The van der Waals surface area contributed by atoms with E-state index >= 15 is 0 Å². The first-order chi connectivity index (χ1) is 11.9. The Kier molecular flexibility index (Phi) is 4.57. The number of halogens is 1. The fourth-order valence-corrected chi connectivity index (χ4v) is 2.64. The van der Waals surface area contributed by atoms with E-state index in [2.05, 4.69) is 10.3 Å². The summed E-state index contributed by atoms with van der Waals surface area (Å²) in [5.74, 6) is -0.492. The minimum absolute atomic E-state index is 0.0597. The Morgan fingerprint density at radius 1 is 1.36 bits per heavy atom. The molecule has 25 heavy (non-hydrogen) atoms. The molecule has 3 rings (SSSR count). The Morgan fingerprint density at radius 2 is 2.12 bits per heavy atom. The van der Waals surface area contributed by atoms with Crippen molar-refractivity contribution in [3.8, 4) is 0 Å². The monoisotopic (exact) mass is 357 g/mol. The van der Waals surface area contributed by atoms with Gasteiger partial charge in [0.1, 0.15) is 5.56 Å². The number of benzene rings is 1. The molecule has 2 heterocycles. The molecule has 3 N–H and O–H groups in total. The average Bonchev–Trinajstić information content (AvgIpc) is 2.58. The molecule has 0 saturated heterocycles. The van der Waals surface area contributed by atoms with Crippen LogP contribution in [0.1, 0.15) is 27.2 Å². The van der Waals surface area contributed by atoms with Gasteiger partial charge in [0.15, 0.2) is 5.58 Å². The van der Waals surface area contributed by atoms with E-state index in [1.54, 1.807) is 25.1 Å². The molecule has 0 spiro atoms. The number of pyridine rings is 1. The number of aromatic nitrogens is 1. The van der Waals surface area contributed by atoms with Crippen molar-refractivity contribution in [3.63, 3.8) is 0 Å². The number of carbonyl (C=O) groups excluding carboxylic acids is 1. The number of aryl methyl sites for hydroxylation is 2. The van der Waals surface area contributed by atoms with Crippen molar-refractivity contribution < 1.29 is 14.3 Å². The van der Waals surface area contributed by atoms with Crippen LogP contribution in [-0.2, 0) is 6.61 Å². The summed E-state index contributed by atoms with van der Waals surface area (Å²) >= 11 is 6.07. The van der Waals surface area contributed by atoms with E-state index in [9.17, 15) is 9.90 Å². The molecule has 0 aliphatic rings. The third kappa shape index (κ3) is 3.26. The minimum atomic E-state index is -0.492. The average molecular weight is 358 g/mol. The molecular weight excluding hydrogens is 342 g/mol. The predicted octanol–water partition coefficient (Wildman–Crippen LogP) is 3.32. The van der Waals surface area contributed by atoms with Crippen molar-refractivity contribution in [3.05, 3.63) is 63.4 Å². The number of carbonyl (C=O) groups is 1. The van der Waals surface area contributed by atoms with Gasteiger partial charge in [0.25, 0.3) is 5.91 Å². The van der Waals surface area contributed by atoms with Crippen LogP contribution in [-0.4, -0.2) is 16.0 Å². The molecule has 0 bridgehead atoms. The molecule has 0 aliphatic carbocycles. The van der Waals surface area contributed by atoms with E-state index in [1.807, 2.05) is 6.92 Å². The highest BCUT2D eigenvalue weighted by atomic mass is 35.5. The number of hydrogen-bond acceptors (Lipinski definition) is 5. The molecule has 6 nitrogen and oxygen atoms in total. The number of aliphatic hydroxyl groups is 1. The molecule has 128 valence electrons. The lowest BCUT2D eigenvalue weighted by Crippen LogP contribution is -2.21. The predicted molar refractivity (Wildman–Crippen MR) is 94.7 cm³/mol. The minimum Gasteiger partial charge on any atom is -0.436 e. The Hall–Kier alpha value is -2.70. The van der Waals surface area contributed by atoms with Crippen molar-refractivity contribution in [2.24, 2.45) is 0 Å². The Labute approximate surface area is 148 Å². The second kappa shape index (κ2) is 6.66. The number of nitrogens with zero attached hydrogens (tertiary/aromatic N) is 1. The number of fused-ring (bicyclic) bond motifs is 1. The van der Waals surface area contributed by atoms with Crippen molar-refractivity contribution in [1.29, 1.82) is 5.41 Å². The van der Waals surface area contributed by atoms with Crippen molar-refractivity contribution in [2.75, 3.05) is 5.32 Å². The summed E-state index contributed by atoms with van der Waals surface area (Å²) in [4.78, 5) is 16.7. The van der Waals surface area contributed by atoms with Crippen LogP contribution >= 0.6 is 11.6 Å². The summed E-state index contributed by atoms with van der Waals surface area (Å²) in [6, 6.07) is 6.70. The number of anilines is 1. The molecule has 0 radical (unpaired) electrons. The maximum Gasteiger partial charge on any atom is 0.261 e. The van der Waals surface area contributed by atoms with Crippen molar-refractivity contribution in [1.82, 2.24) is 4.98 Å². The largest absolute Gasteiger partial charge is 0.436 e. The zero-order chi connectivity index (χ0) is 18.1. The normalized spacial score (nSPS) is 10.9. The highest BCUT2D eigenvalue weighted by molar-refractivity contribution is 6.31. The number of amides is 1. The zero-order valence-corrected chi connectivity index (χ0v) is 14.4. The molecule has 0 atom stereocenters. The first kappa shape index (κ1) is 17.1. The molecule has 0 fully saturated rings. The summed E-state index contributed by atoms with van der Waals surface area (Å²) in [5.41, 5.74) is 2.69. The van der Waals surface area contributed by atoms with Gasteiger partial charge < -0.3 is 14.8 Å². The van der Waals surface area contributed by atoms with Crippen LogP contribution in [0.2, 0.25) is 5.02 Å². The molecule has 0 unspecified atom stereocenters. The van der Waals surface area contributed by atoms with Gasteiger partial charge in [-0.1, -0.05) is 17.7 Å².